The number of nitrogens with one attached hydrogen (secondary N) is 1. The number of rotatable bonds is 24. The van der Waals surface area contributed by atoms with Gasteiger partial charge in [-0.3, -0.25) is 4.79 Å². The van der Waals surface area contributed by atoms with Crippen molar-refractivity contribution in [3.8, 4) is 0 Å². The van der Waals surface area contributed by atoms with Crippen LogP contribution in [0.2, 0.25) is 0 Å². The van der Waals surface area contributed by atoms with Crippen LogP contribution in [0.4, 0.5) is 0 Å². The molecule has 0 heterocycles. The van der Waals surface area contributed by atoms with Gasteiger partial charge in [0.05, 0.1) is 18.8 Å². The van der Waals surface area contributed by atoms with E-state index in [-0.39, 0.29) is 12.5 Å². The van der Waals surface area contributed by atoms with E-state index in [9.17, 15) is 15.0 Å². The Bertz CT molecular complexity index is 580. The zero-order chi connectivity index (χ0) is 25.8. The van der Waals surface area contributed by atoms with Crippen LogP contribution in [0, 0.1) is 0 Å². The highest BCUT2D eigenvalue weighted by Gasteiger charge is 2.17. The third-order valence-electron chi connectivity index (χ3n) is 6.05. The topological polar surface area (TPSA) is 69.6 Å². The highest BCUT2D eigenvalue weighted by atomic mass is 16.3. The maximum Gasteiger partial charge on any atom is 0.220 e. The lowest BCUT2D eigenvalue weighted by Crippen LogP contribution is -2.45. The summed E-state index contributed by atoms with van der Waals surface area (Å²) in [4.78, 5) is 12.1. The average Bonchev–Trinajstić information content (AvgIpc) is 2.86. The van der Waals surface area contributed by atoms with E-state index in [2.05, 4.69) is 49.5 Å². The zero-order valence-electron chi connectivity index (χ0n) is 22.8. The maximum absolute atomic E-state index is 12.1. The van der Waals surface area contributed by atoms with Crippen molar-refractivity contribution in [1.29, 1.82) is 0 Å². The van der Waals surface area contributed by atoms with Gasteiger partial charge in [-0.15, -0.1) is 0 Å². The molecule has 0 aromatic rings. The van der Waals surface area contributed by atoms with Crippen molar-refractivity contribution in [2.75, 3.05) is 6.61 Å². The Kier molecular flexibility index (Phi) is 25.7. The SMILES string of the molecule is CCCCCC/C=C/CC/C=C/C(O)C(CO)NC(=O)CC/C=C\C/C=C\CCCCCCCC. The predicted molar refractivity (Wildman–Crippen MR) is 151 cm³/mol. The minimum Gasteiger partial charge on any atom is -0.394 e. The van der Waals surface area contributed by atoms with Crippen molar-refractivity contribution < 1.29 is 15.0 Å². The van der Waals surface area contributed by atoms with Gasteiger partial charge in [-0.05, 0) is 51.4 Å². The lowest BCUT2D eigenvalue weighted by atomic mass is 10.1. The second-order valence-corrected chi connectivity index (χ2v) is 9.45. The number of hydrogen-bond donors (Lipinski definition) is 3. The van der Waals surface area contributed by atoms with Crippen LogP contribution in [0.1, 0.15) is 123 Å². The van der Waals surface area contributed by atoms with Crippen molar-refractivity contribution in [2.45, 2.75) is 135 Å². The van der Waals surface area contributed by atoms with Crippen LogP contribution in [-0.4, -0.2) is 34.9 Å². The second-order valence-electron chi connectivity index (χ2n) is 9.45. The normalized spacial score (nSPS) is 14.1. The van der Waals surface area contributed by atoms with Gasteiger partial charge in [-0.1, -0.05) is 114 Å². The molecule has 4 nitrogen and oxygen atoms in total. The van der Waals surface area contributed by atoms with Gasteiger partial charge >= 0.3 is 0 Å². The molecule has 0 fully saturated rings. The van der Waals surface area contributed by atoms with Gasteiger partial charge in [0.25, 0.3) is 0 Å². The Balaban J connectivity index is 3.88. The molecule has 0 aliphatic rings. The predicted octanol–water partition coefficient (Wildman–Crippen LogP) is 7.72. The summed E-state index contributed by atoms with van der Waals surface area (Å²) in [7, 11) is 0. The number of hydrogen-bond acceptors (Lipinski definition) is 3. The van der Waals surface area contributed by atoms with Crippen LogP contribution in [0.5, 0.6) is 0 Å². The van der Waals surface area contributed by atoms with Crippen molar-refractivity contribution in [2.24, 2.45) is 0 Å². The summed E-state index contributed by atoms with van der Waals surface area (Å²) in [5.74, 6) is -0.147. The minimum absolute atomic E-state index is 0.147. The highest BCUT2D eigenvalue weighted by Crippen LogP contribution is 2.08. The van der Waals surface area contributed by atoms with Crippen LogP contribution in [-0.2, 0) is 4.79 Å². The molecule has 0 aliphatic heterocycles. The smallest absolute Gasteiger partial charge is 0.220 e. The molecule has 0 aromatic carbocycles. The van der Waals surface area contributed by atoms with E-state index >= 15 is 0 Å². The van der Waals surface area contributed by atoms with Gasteiger partial charge in [-0.2, -0.15) is 0 Å². The number of carbonyl (C=O) groups is 1. The molecule has 0 aromatic heterocycles. The fourth-order valence-electron chi connectivity index (χ4n) is 3.77. The number of aliphatic hydroxyl groups is 2. The first kappa shape index (κ1) is 33.4. The standard InChI is InChI=1S/C31H55NO3/c1-3-5-7-9-11-13-15-16-17-19-21-23-25-27-31(35)32-29(28-33)30(34)26-24-22-20-18-14-12-10-8-6-4-2/h14,16-18,21,23-24,26,29-30,33-34H,3-13,15,19-20,22,25,27-28H2,1-2H3,(H,32,35)/b17-16-,18-14+,23-21-,26-24+. The molecular weight excluding hydrogens is 434 g/mol. The van der Waals surface area contributed by atoms with E-state index in [1.807, 2.05) is 12.2 Å². The van der Waals surface area contributed by atoms with Crippen LogP contribution in [0.25, 0.3) is 0 Å². The molecule has 0 rings (SSSR count). The van der Waals surface area contributed by atoms with E-state index < -0.39 is 12.1 Å². The third kappa shape index (κ3) is 23.8. The quantitative estimate of drug-likeness (QED) is 0.0960. The summed E-state index contributed by atoms with van der Waals surface area (Å²) in [5, 5.41) is 22.6. The summed E-state index contributed by atoms with van der Waals surface area (Å²) in [6.07, 6.45) is 34.8. The Morgan fingerprint density at radius 2 is 1.20 bits per heavy atom. The molecule has 0 saturated carbocycles. The first-order chi connectivity index (χ1) is 17.2. The molecule has 35 heavy (non-hydrogen) atoms. The number of amides is 1. The summed E-state index contributed by atoms with van der Waals surface area (Å²) in [6, 6.07) is -0.665. The summed E-state index contributed by atoms with van der Waals surface area (Å²) >= 11 is 0. The molecule has 4 heteroatoms. The van der Waals surface area contributed by atoms with Crippen LogP contribution < -0.4 is 5.32 Å². The van der Waals surface area contributed by atoms with E-state index in [0.29, 0.717) is 12.8 Å². The third-order valence-corrected chi connectivity index (χ3v) is 6.05. The average molecular weight is 490 g/mol. The van der Waals surface area contributed by atoms with Gasteiger partial charge in [0, 0.05) is 6.42 Å². The first-order valence-corrected chi connectivity index (χ1v) is 14.4. The number of aliphatic hydroxyl groups excluding tert-OH is 2. The first-order valence-electron chi connectivity index (χ1n) is 14.4. The van der Waals surface area contributed by atoms with Crippen LogP contribution >= 0.6 is 0 Å². The maximum atomic E-state index is 12.1. The molecule has 0 saturated heterocycles. The molecule has 0 aliphatic carbocycles. The molecule has 0 spiro atoms. The second kappa shape index (κ2) is 26.9. The Labute approximate surface area is 216 Å². The van der Waals surface area contributed by atoms with Crippen LogP contribution in [0.15, 0.2) is 48.6 Å². The molecular formula is C31H55NO3. The summed E-state index contributed by atoms with van der Waals surface area (Å²) in [5.41, 5.74) is 0. The van der Waals surface area contributed by atoms with Crippen molar-refractivity contribution in [1.82, 2.24) is 5.32 Å². The Morgan fingerprint density at radius 1 is 0.686 bits per heavy atom. The fraction of sp³-hybridized carbons (Fsp3) is 0.710. The van der Waals surface area contributed by atoms with Gasteiger partial charge in [0.2, 0.25) is 5.91 Å². The van der Waals surface area contributed by atoms with Crippen molar-refractivity contribution in [3.05, 3.63) is 48.6 Å². The molecule has 2 unspecified atom stereocenters. The summed E-state index contributed by atoms with van der Waals surface area (Å²) in [6.45, 7) is 4.18. The highest BCUT2D eigenvalue weighted by molar-refractivity contribution is 5.76. The van der Waals surface area contributed by atoms with Gasteiger partial charge in [-0.25, -0.2) is 0 Å². The molecule has 0 bridgehead atoms. The molecule has 2 atom stereocenters. The lowest BCUT2D eigenvalue weighted by molar-refractivity contribution is -0.122. The van der Waals surface area contributed by atoms with Gasteiger partial charge in [0.1, 0.15) is 0 Å². The van der Waals surface area contributed by atoms with E-state index in [4.69, 9.17) is 0 Å². The van der Waals surface area contributed by atoms with Crippen molar-refractivity contribution in [3.63, 3.8) is 0 Å². The number of unbranched alkanes of at least 4 members (excludes halogenated alkanes) is 11. The van der Waals surface area contributed by atoms with E-state index in [1.165, 1.54) is 64.2 Å². The molecule has 0 radical (unpaired) electrons. The monoisotopic (exact) mass is 489 g/mol. The lowest BCUT2D eigenvalue weighted by Gasteiger charge is -2.19. The molecule has 202 valence electrons. The number of carbonyl (C=O) groups excluding carboxylic acids is 1. The fourth-order valence-corrected chi connectivity index (χ4v) is 3.77. The zero-order valence-corrected chi connectivity index (χ0v) is 22.8. The number of allylic oxidation sites excluding steroid dienone is 7. The Hall–Kier alpha value is -1.65. The van der Waals surface area contributed by atoms with E-state index in [1.54, 1.807) is 6.08 Å². The molecule has 3 N–H and O–H groups in total. The van der Waals surface area contributed by atoms with Crippen molar-refractivity contribution >= 4 is 5.91 Å². The minimum atomic E-state index is -0.880. The molecule has 1 amide bonds. The Morgan fingerprint density at radius 3 is 1.86 bits per heavy atom. The van der Waals surface area contributed by atoms with Crippen LogP contribution in [0.3, 0.4) is 0 Å². The van der Waals surface area contributed by atoms with Gasteiger partial charge in [0.15, 0.2) is 0 Å². The largest absolute Gasteiger partial charge is 0.394 e. The van der Waals surface area contributed by atoms with E-state index in [0.717, 1.165) is 32.1 Å². The summed E-state index contributed by atoms with van der Waals surface area (Å²) < 4.78 is 0. The van der Waals surface area contributed by atoms with Gasteiger partial charge < -0.3 is 15.5 Å².